The van der Waals surface area contributed by atoms with Crippen molar-refractivity contribution in [2.75, 3.05) is 0 Å². The van der Waals surface area contributed by atoms with Crippen LogP contribution in [-0.2, 0) is 38.3 Å². The lowest BCUT2D eigenvalue weighted by Crippen LogP contribution is -2.42. The molecular weight excluding hydrogens is 420 g/mol. The summed E-state index contributed by atoms with van der Waals surface area (Å²) in [5.41, 5.74) is -2.74. The van der Waals surface area contributed by atoms with E-state index in [0.717, 1.165) is 0 Å². The molecule has 30 heavy (non-hydrogen) atoms. The van der Waals surface area contributed by atoms with Gasteiger partial charge in [0.05, 0.1) is 25.7 Å². The van der Waals surface area contributed by atoms with Gasteiger partial charge in [-0.2, -0.15) is 0 Å². The van der Waals surface area contributed by atoms with Gasteiger partial charge in [0.2, 0.25) is 0 Å². The number of carboxylic acids is 6. The number of carboxylic acid groups (broad SMARTS) is 6. The summed E-state index contributed by atoms with van der Waals surface area (Å²) in [5.74, 6) is -8.88. The zero-order chi connectivity index (χ0) is 24.7. The molecule has 0 aliphatic carbocycles. The topological polar surface area (TPSA) is 270 Å². The van der Waals surface area contributed by atoms with Crippen LogP contribution in [0.1, 0.15) is 39.5 Å². The maximum atomic E-state index is 10.3. The monoisotopic (exact) mass is 442 g/mol. The minimum Gasteiger partial charge on any atom is -0.481 e. The third-order valence-electron chi connectivity index (χ3n) is 2.53. The second-order valence-electron chi connectivity index (χ2n) is 5.36. The maximum absolute atomic E-state index is 10.3. The first-order valence-corrected chi connectivity index (χ1v) is 7.67. The first kappa shape index (κ1) is 31.0. The molecule has 0 amide bonds. The van der Waals surface area contributed by atoms with Gasteiger partial charge in [0.1, 0.15) is 0 Å². The van der Waals surface area contributed by atoms with Crippen LogP contribution >= 0.6 is 0 Å². The number of aliphatic carboxylic acids is 6. The van der Waals surface area contributed by atoms with Crippen LogP contribution in [0.25, 0.3) is 0 Å². The molecule has 0 rings (SSSR count). The Bertz CT molecular complexity index is 620. The summed E-state index contributed by atoms with van der Waals surface area (Å²) in [6.07, 6.45) is -3.92. The SMILES string of the molecule is CC(=O)OC(C)C(=O)O.O=C(O)CC(O)(CC(=O)O)C(=O)O.O=C(O)CCC(=O)O. The molecule has 0 aliphatic heterocycles. The highest BCUT2D eigenvalue weighted by Gasteiger charge is 2.40. The summed E-state index contributed by atoms with van der Waals surface area (Å²) in [7, 11) is 0. The fraction of sp³-hybridized carbons (Fsp3) is 0.533. The molecule has 0 aromatic rings. The Labute approximate surface area is 168 Å². The number of carbonyl (C=O) groups excluding carboxylic acids is 1. The number of carbonyl (C=O) groups is 7. The average Bonchev–Trinajstić information content (AvgIpc) is 2.51. The summed E-state index contributed by atoms with van der Waals surface area (Å²) >= 11 is 0. The van der Waals surface area contributed by atoms with E-state index in [-0.39, 0.29) is 12.8 Å². The summed E-state index contributed by atoms with van der Waals surface area (Å²) in [5, 5.41) is 57.8. The van der Waals surface area contributed by atoms with Gasteiger partial charge in [0, 0.05) is 6.92 Å². The van der Waals surface area contributed by atoms with E-state index in [0.29, 0.717) is 0 Å². The van der Waals surface area contributed by atoms with Crippen LogP contribution in [0.3, 0.4) is 0 Å². The molecule has 172 valence electrons. The molecule has 0 heterocycles. The highest BCUT2D eigenvalue weighted by Crippen LogP contribution is 2.15. The van der Waals surface area contributed by atoms with Crippen molar-refractivity contribution >= 4 is 41.8 Å². The summed E-state index contributed by atoms with van der Waals surface area (Å²) in [6.45, 7) is 2.46. The van der Waals surface area contributed by atoms with E-state index in [1.54, 1.807) is 0 Å². The second kappa shape index (κ2) is 15.2. The average molecular weight is 442 g/mol. The number of hydrogen-bond donors (Lipinski definition) is 7. The lowest BCUT2D eigenvalue weighted by atomic mass is 9.96. The van der Waals surface area contributed by atoms with Gasteiger partial charge < -0.3 is 40.5 Å². The van der Waals surface area contributed by atoms with Crippen molar-refractivity contribution < 1.29 is 74.0 Å². The Kier molecular flexibility index (Phi) is 15.7. The molecular formula is C15H22O15. The Balaban J connectivity index is -0.000000379. The number of hydrogen-bond acceptors (Lipinski definition) is 9. The molecule has 0 aromatic carbocycles. The fourth-order valence-electron chi connectivity index (χ4n) is 1.23. The van der Waals surface area contributed by atoms with Crippen LogP contribution < -0.4 is 0 Å². The lowest BCUT2D eigenvalue weighted by Gasteiger charge is -2.18. The number of ether oxygens (including phenoxy) is 1. The third-order valence-corrected chi connectivity index (χ3v) is 2.53. The molecule has 0 spiro atoms. The van der Waals surface area contributed by atoms with E-state index in [2.05, 4.69) is 4.74 Å². The van der Waals surface area contributed by atoms with Crippen LogP contribution in [-0.4, -0.2) is 89.2 Å². The third kappa shape index (κ3) is 20.6. The first-order valence-electron chi connectivity index (χ1n) is 7.67. The normalized spacial score (nSPS) is 10.6. The Morgan fingerprint density at radius 1 is 0.733 bits per heavy atom. The second-order valence-corrected chi connectivity index (χ2v) is 5.36. The molecule has 0 saturated carbocycles. The molecule has 0 bridgehead atoms. The van der Waals surface area contributed by atoms with Gasteiger partial charge in [-0.15, -0.1) is 0 Å². The van der Waals surface area contributed by atoms with Crippen LogP contribution in [0, 0.1) is 0 Å². The van der Waals surface area contributed by atoms with Gasteiger partial charge in [0.15, 0.2) is 11.7 Å². The summed E-state index contributed by atoms with van der Waals surface area (Å²) in [6, 6.07) is 0. The molecule has 0 aromatic heterocycles. The molecule has 1 unspecified atom stereocenters. The predicted molar refractivity (Wildman–Crippen MR) is 90.5 cm³/mol. The van der Waals surface area contributed by atoms with E-state index < -0.39 is 66.3 Å². The molecule has 0 fully saturated rings. The molecule has 15 nitrogen and oxygen atoms in total. The van der Waals surface area contributed by atoms with E-state index >= 15 is 0 Å². The minimum absolute atomic E-state index is 0.296. The molecule has 0 radical (unpaired) electrons. The lowest BCUT2D eigenvalue weighted by molar-refractivity contribution is -0.170. The Hall–Kier alpha value is -3.75. The maximum Gasteiger partial charge on any atom is 0.344 e. The number of esters is 1. The van der Waals surface area contributed by atoms with E-state index in [9.17, 15) is 33.6 Å². The zero-order valence-corrected chi connectivity index (χ0v) is 15.8. The molecule has 0 aliphatic rings. The van der Waals surface area contributed by atoms with Crippen molar-refractivity contribution in [3.05, 3.63) is 0 Å². The van der Waals surface area contributed by atoms with Crippen LogP contribution in [0.4, 0.5) is 0 Å². The van der Waals surface area contributed by atoms with E-state index in [4.69, 9.17) is 35.7 Å². The van der Waals surface area contributed by atoms with Crippen molar-refractivity contribution in [1.29, 1.82) is 0 Å². The van der Waals surface area contributed by atoms with Crippen molar-refractivity contribution in [1.82, 2.24) is 0 Å². The van der Waals surface area contributed by atoms with Crippen molar-refractivity contribution in [2.24, 2.45) is 0 Å². The van der Waals surface area contributed by atoms with Crippen molar-refractivity contribution in [3.8, 4) is 0 Å². The Morgan fingerprint density at radius 3 is 1.20 bits per heavy atom. The van der Waals surface area contributed by atoms with E-state index in [1.807, 2.05) is 0 Å². The molecule has 15 heteroatoms. The van der Waals surface area contributed by atoms with E-state index in [1.165, 1.54) is 13.8 Å². The highest BCUT2D eigenvalue weighted by atomic mass is 16.6. The van der Waals surface area contributed by atoms with Gasteiger partial charge in [-0.05, 0) is 6.92 Å². The quantitative estimate of drug-likeness (QED) is 0.194. The zero-order valence-electron chi connectivity index (χ0n) is 15.8. The first-order chi connectivity index (χ1) is 13.4. The van der Waals surface area contributed by atoms with Crippen LogP contribution in [0.5, 0.6) is 0 Å². The van der Waals surface area contributed by atoms with Crippen molar-refractivity contribution in [2.45, 2.75) is 51.2 Å². The Morgan fingerprint density at radius 2 is 1.07 bits per heavy atom. The number of rotatable bonds is 10. The molecule has 1 atom stereocenters. The predicted octanol–water partition coefficient (Wildman–Crippen LogP) is -1.29. The molecule has 7 N–H and O–H groups in total. The smallest absolute Gasteiger partial charge is 0.344 e. The van der Waals surface area contributed by atoms with Crippen molar-refractivity contribution in [3.63, 3.8) is 0 Å². The standard InChI is InChI=1S/C6H8O7.C5H8O4.C4H6O4/c7-3(8)1-6(13,5(11)12)2-4(9)10;1-3(5(7)8)9-4(2)6;5-3(6)1-2-4(7)8/h13H,1-2H2,(H,7,8)(H,9,10)(H,11,12);3H,1-2H3,(H,7,8);1-2H2,(H,5,6)(H,7,8). The summed E-state index contributed by atoms with van der Waals surface area (Å²) < 4.78 is 4.27. The molecule has 0 saturated heterocycles. The van der Waals surface area contributed by atoms with Gasteiger partial charge in [-0.25, -0.2) is 9.59 Å². The summed E-state index contributed by atoms with van der Waals surface area (Å²) in [4.78, 5) is 69.8. The largest absolute Gasteiger partial charge is 0.481 e. The minimum atomic E-state index is -2.74. The fourth-order valence-corrected chi connectivity index (χ4v) is 1.23. The van der Waals surface area contributed by atoms with Gasteiger partial charge in [-0.1, -0.05) is 0 Å². The van der Waals surface area contributed by atoms with Crippen LogP contribution in [0.15, 0.2) is 0 Å². The van der Waals surface area contributed by atoms with Gasteiger partial charge >= 0.3 is 41.8 Å². The van der Waals surface area contributed by atoms with Crippen LogP contribution in [0.2, 0.25) is 0 Å². The number of aliphatic hydroxyl groups is 1. The van der Waals surface area contributed by atoms with Gasteiger partial charge in [0.25, 0.3) is 0 Å². The van der Waals surface area contributed by atoms with Gasteiger partial charge in [-0.3, -0.25) is 24.0 Å². The highest BCUT2D eigenvalue weighted by molar-refractivity contribution is 5.88.